The highest BCUT2D eigenvalue weighted by atomic mass is 79.9. The molecule has 0 amide bonds. The first-order valence-electron chi connectivity index (χ1n) is 6.33. The van der Waals surface area contributed by atoms with E-state index in [1.165, 1.54) is 18.6 Å². The van der Waals surface area contributed by atoms with Gasteiger partial charge in [0.25, 0.3) is 0 Å². The standard InChI is InChI=1S/C12H23Br2NOSi/c1-5-6-7-9-11(14)12(10(8-13)15-9)16-17(2,3)4/h10-12H,5-8H2,1-4H3. The average Bonchev–Trinajstić information content (AvgIpc) is 2.52. The van der Waals surface area contributed by atoms with Crippen LogP contribution in [0.25, 0.3) is 0 Å². The van der Waals surface area contributed by atoms with Crippen LogP contribution in [-0.2, 0) is 4.43 Å². The van der Waals surface area contributed by atoms with Crippen LogP contribution in [0.2, 0.25) is 19.6 Å². The molecule has 0 fully saturated rings. The van der Waals surface area contributed by atoms with E-state index in [-0.39, 0.29) is 12.1 Å². The Morgan fingerprint density at radius 2 is 2.00 bits per heavy atom. The second-order valence-corrected chi connectivity index (χ2v) is 11.6. The molecule has 0 aromatic rings. The lowest BCUT2D eigenvalue weighted by atomic mass is 10.1. The molecule has 0 saturated heterocycles. The van der Waals surface area contributed by atoms with E-state index in [1.807, 2.05) is 0 Å². The van der Waals surface area contributed by atoms with Crippen molar-refractivity contribution in [3.8, 4) is 0 Å². The van der Waals surface area contributed by atoms with Gasteiger partial charge in [-0.15, -0.1) is 0 Å². The summed E-state index contributed by atoms with van der Waals surface area (Å²) >= 11 is 7.34. The van der Waals surface area contributed by atoms with Gasteiger partial charge in [-0.1, -0.05) is 45.2 Å². The third-order valence-electron chi connectivity index (χ3n) is 2.75. The minimum absolute atomic E-state index is 0.216. The number of hydrogen-bond donors (Lipinski definition) is 0. The van der Waals surface area contributed by atoms with Crippen LogP contribution in [0.3, 0.4) is 0 Å². The highest BCUT2D eigenvalue weighted by molar-refractivity contribution is 9.10. The van der Waals surface area contributed by atoms with Gasteiger partial charge in [-0.25, -0.2) is 0 Å². The third kappa shape index (κ3) is 4.77. The molecule has 1 rings (SSSR count). The summed E-state index contributed by atoms with van der Waals surface area (Å²) in [5.74, 6) is 0. The Kier molecular flexibility index (Phi) is 6.37. The molecule has 5 heteroatoms. The van der Waals surface area contributed by atoms with E-state index in [9.17, 15) is 0 Å². The van der Waals surface area contributed by atoms with Gasteiger partial charge in [-0.05, 0) is 32.5 Å². The summed E-state index contributed by atoms with van der Waals surface area (Å²) in [6, 6.07) is 0.276. The lowest BCUT2D eigenvalue weighted by Gasteiger charge is -2.28. The van der Waals surface area contributed by atoms with Gasteiger partial charge in [0.05, 0.1) is 17.0 Å². The van der Waals surface area contributed by atoms with E-state index < -0.39 is 8.32 Å². The number of nitrogens with zero attached hydrogens (tertiary/aromatic N) is 1. The van der Waals surface area contributed by atoms with Crippen LogP contribution in [0.15, 0.2) is 4.99 Å². The highest BCUT2D eigenvalue weighted by Crippen LogP contribution is 2.30. The lowest BCUT2D eigenvalue weighted by molar-refractivity contribution is 0.196. The zero-order valence-corrected chi connectivity index (χ0v) is 15.3. The van der Waals surface area contributed by atoms with Crippen LogP contribution >= 0.6 is 31.9 Å². The quantitative estimate of drug-likeness (QED) is 0.491. The van der Waals surface area contributed by atoms with Crippen molar-refractivity contribution in [2.75, 3.05) is 5.33 Å². The number of alkyl halides is 2. The van der Waals surface area contributed by atoms with Crippen LogP contribution in [0.1, 0.15) is 26.2 Å². The summed E-state index contributed by atoms with van der Waals surface area (Å²) in [5.41, 5.74) is 1.29. The molecule has 0 aliphatic carbocycles. The number of aliphatic imine (C=N–C) groups is 1. The molecule has 1 heterocycles. The molecule has 0 radical (unpaired) electrons. The summed E-state index contributed by atoms with van der Waals surface area (Å²) in [6.07, 6.45) is 3.75. The molecule has 0 aromatic heterocycles. The SMILES string of the molecule is CCCCC1=NC(CBr)C(O[Si](C)(C)C)C1Br. The number of halogens is 2. The Bertz CT molecular complexity index is 278. The fraction of sp³-hybridized carbons (Fsp3) is 0.917. The summed E-state index contributed by atoms with van der Waals surface area (Å²) < 4.78 is 6.27. The van der Waals surface area contributed by atoms with E-state index in [0.29, 0.717) is 4.83 Å². The van der Waals surface area contributed by atoms with Crippen LogP contribution < -0.4 is 0 Å². The first kappa shape index (κ1) is 15.9. The van der Waals surface area contributed by atoms with Crippen molar-refractivity contribution in [1.29, 1.82) is 0 Å². The molecule has 0 spiro atoms. The highest BCUT2D eigenvalue weighted by Gasteiger charge is 2.39. The molecular formula is C12H23Br2NOSi. The van der Waals surface area contributed by atoms with E-state index in [0.717, 1.165) is 11.8 Å². The summed E-state index contributed by atoms with van der Waals surface area (Å²) in [6.45, 7) is 8.93. The van der Waals surface area contributed by atoms with E-state index in [4.69, 9.17) is 9.42 Å². The smallest absolute Gasteiger partial charge is 0.184 e. The maximum absolute atomic E-state index is 6.27. The second kappa shape index (κ2) is 6.82. The lowest BCUT2D eigenvalue weighted by Crippen LogP contribution is -2.42. The molecule has 3 unspecified atom stereocenters. The van der Waals surface area contributed by atoms with Gasteiger partial charge in [0.1, 0.15) is 0 Å². The van der Waals surface area contributed by atoms with Crippen molar-refractivity contribution < 1.29 is 4.43 Å². The predicted molar refractivity (Wildman–Crippen MR) is 85.5 cm³/mol. The molecule has 2 nitrogen and oxygen atoms in total. The summed E-state index contributed by atoms with van der Waals surface area (Å²) in [4.78, 5) is 5.12. The van der Waals surface area contributed by atoms with Crippen molar-refractivity contribution in [2.45, 2.75) is 62.8 Å². The largest absolute Gasteiger partial charge is 0.411 e. The van der Waals surface area contributed by atoms with E-state index in [2.05, 4.69) is 58.4 Å². The first-order chi connectivity index (χ1) is 7.89. The van der Waals surface area contributed by atoms with Gasteiger partial charge in [0.2, 0.25) is 0 Å². The maximum Gasteiger partial charge on any atom is 0.184 e. The van der Waals surface area contributed by atoms with Crippen molar-refractivity contribution >= 4 is 45.9 Å². The third-order valence-corrected chi connectivity index (χ3v) is 5.44. The Hall–Kier alpha value is 0.807. The topological polar surface area (TPSA) is 21.6 Å². The zero-order chi connectivity index (χ0) is 13.1. The average molecular weight is 385 g/mol. The summed E-state index contributed by atoms with van der Waals surface area (Å²) in [5, 5.41) is 0.889. The summed E-state index contributed by atoms with van der Waals surface area (Å²) in [7, 11) is -1.51. The Morgan fingerprint density at radius 1 is 1.35 bits per heavy atom. The van der Waals surface area contributed by atoms with Crippen LogP contribution in [-0.4, -0.2) is 36.3 Å². The van der Waals surface area contributed by atoms with Gasteiger partial charge >= 0.3 is 0 Å². The number of unbranched alkanes of at least 4 members (excludes halogenated alkanes) is 1. The first-order valence-corrected chi connectivity index (χ1v) is 11.8. The van der Waals surface area contributed by atoms with E-state index in [1.54, 1.807) is 0 Å². The molecule has 0 bridgehead atoms. The van der Waals surface area contributed by atoms with Gasteiger partial charge in [0, 0.05) is 11.0 Å². The van der Waals surface area contributed by atoms with Gasteiger partial charge in [-0.2, -0.15) is 0 Å². The monoisotopic (exact) mass is 383 g/mol. The van der Waals surface area contributed by atoms with Crippen molar-refractivity contribution in [3.63, 3.8) is 0 Å². The van der Waals surface area contributed by atoms with E-state index >= 15 is 0 Å². The Morgan fingerprint density at radius 3 is 2.47 bits per heavy atom. The molecule has 0 saturated carbocycles. The molecule has 3 atom stereocenters. The Balaban J connectivity index is 2.68. The normalized spacial score (nSPS) is 29.5. The van der Waals surface area contributed by atoms with Gasteiger partial charge < -0.3 is 4.43 Å². The molecule has 0 N–H and O–H groups in total. The molecule has 100 valence electrons. The molecule has 1 aliphatic rings. The van der Waals surface area contributed by atoms with Crippen molar-refractivity contribution in [1.82, 2.24) is 0 Å². The van der Waals surface area contributed by atoms with Gasteiger partial charge in [0.15, 0.2) is 8.32 Å². The zero-order valence-electron chi connectivity index (χ0n) is 11.2. The molecule has 17 heavy (non-hydrogen) atoms. The van der Waals surface area contributed by atoms with Crippen LogP contribution in [0.4, 0.5) is 0 Å². The maximum atomic E-state index is 6.27. The van der Waals surface area contributed by atoms with Crippen LogP contribution in [0.5, 0.6) is 0 Å². The fourth-order valence-corrected chi connectivity index (χ4v) is 4.60. The Labute approximate surface area is 123 Å². The van der Waals surface area contributed by atoms with Gasteiger partial charge in [-0.3, -0.25) is 4.99 Å². The molecule has 0 aromatic carbocycles. The predicted octanol–water partition coefficient (Wildman–Crippen LogP) is 4.38. The second-order valence-electron chi connectivity index (χ2n) is 5.54. The number of rotatable bonds is 6. The molecular weight excluding hydrogens is 362 g/mol. The van der Waals surface area contributed by atoms with Crippen molar-refractivity contribution in [3.05, 3.63) is 0 Å². The minimum atomic E-state index is -1.51. The van der Waals surface area contributed by atoms with Crippen molar-refractivity contribution in [2.24, 2.45) is 4.99 Å². The fourth-order valence-electron chi connectivity index (χ4n) is 1.97. The molecule has 1 aliphatic heterocycles. The number of hydrogen-bond acceptors (Lipinski definition) is 2. The van der Waals surface area contributed by atoms with Crippen LogP contribution in [0, 0.1) is 0 Å². The minimum Gasteiger partial charge on any atom is -0.411 e.